The fraction of sp³-hybridized carbons (Fsp3) is 0.111. The van der Waals surface area contributed by atoms with Crippen LogP contribution in [0.3, 0.4) is 0 Å². The van der Waals surface area contributed by atoms with Crippen LogP contribution >= 0.6 is 22.7 Å². The Balaban J connectivity index is 1.50. The van der Waals surface area contributed by atoms with E-state index in [-0.39, 0.29) is 11.6 Å². The third-order valence-corrected chi connectivity index (χ3v) is 8.50. The van der Waals surface area contributed by atoms with Crippen molar-refractivity contribution in [1.29, 1.82) is 0 Å². The number of hydrogen-bond donors (Lipinski definition) is 1. The number of thiazole rings is 1. The first-order valence-corrected chi connectivity index (χ1v) is 12.7. The van der Waals surface area contributed by atoms with E-state index in [4.69, 9.17) is 4.99 Å². The maximum atomic E-state index is 13.8. The number of H-pyrrole nitrogens is 1. The summed E-state index contributed by atoms with van der Waals surface area (Å²) in [6, 6.07) is 20.8. The number of hydrogen-bond acceptors (Lipinski definition) is 4. The molecule has 1 aliphatic heterocycles. The minimum absolute atomic E-state index is 0.0350. The van der Waals surface area contributed by atoms with Crippen molar-refractivity contribution in [1.82, 2.24) is 9.55 Å². The van der Waals surface area contributed by atoms with Gasteiger partial charge in [-0.1, -0.05) is 59.9 Å². The maximum absolute atomic E-state index is 13.8. The number of aromatic nitrogens is 2. The number of allylic oxidation sites excluding steroid dienone is 1. The summed E-state index contributed by atoms with van der Waals surface area (Å²) in [4.78, 5) is 24.1. The number of para-hydroxylation sites is 1. The van der Waals surface area contributed by atoms with E-state index in [1.165, 1.54) is 32.9 Å². The van der Waals surface area contributed by atoms with Crippen molar-refractivity contribution in [2.24, 2.45) is 4.99 Å². The van der Waals surface area contributed by atoms with E-state index in [2.05, 4.69) is 58.9 Å². The molecule has 0 radical (unpaired) electrons. The SMILES string of the molecule is O=c1/c(=C\c2c[nH]c3ccccc23)sc2n1[C@@H](c1cccs1)C1=C(N=2)c2ccccc2CC1. The Morgan fingerprint density at radius 3 is 2.82 bits per heavy atom. The number of aromatic amines is 1. The second-order valence-electron chi connectivity index (χ2n) is 8.42. The highest BCUT2D eigenvalue weighted by Crippen LogP contribution is 2.42. The predicted molar refractivity (Wildman–Crippen MR) is 135 cm³/mol. The summed E-state index contributed by atoms with van der Waals surface area (Å²) in [6.45, 7) is 0. The van der Waals surface area contributed by atoms with Gasteiger partial charge in [-0.2, -0.15) is 0 Å². The Morgan fingerprint density at radius 1 is 1.03 bits per heavy atom. The van der Waals surface area contributed by atoms with Crippen LogP contribution in [0, 0.1) is 0 Å². The van der Waals surface area contributed by atoms with Gasteiger partial charge in [0.2, 0.25) is 0 Å². The molecule has 1 aliphatic carbocycles. The fourth-order valence-corrected chi connectivity index (χ4v) is 6.91. The second-order valence-corrected chi connectivity index (χ2v) is 10.4. The van der Waals surface area contributed by atoms with Crippen molar-refractivity contribution < 1.29 is 0 Å². The Bertz CT molecular complexity index is 1750. The quantitative estimate of drug-likeness (QED) is 0.398. The Hall–Kier alpha value is -3.48. The maximum Gasteiger partial charge on any atom is 0.271 e. The van der Waals surface area contributed by atoms with E-state index < -0.39 is 0 Å². The van der Waals surface area contributed by atoms with Crippen molar-refractivity contribution in [3.63, 3.8) is 0 Å². The van der Waals surface area contributed by atoms with Crippen molar-refractivity contribution in [2.75, 3.05) is 0 Å². The largest absolute Gasteiger partial charge is 0.361 e. The Kier molecular flexibility index (Phi) is 4.19. The van der Waals surface area contributed by atoms with Crippen LogP contribution in [0.25, 0.3) is 22.7 Å². The first kappa shape index (κ1) is 19.0. The third kappa shape index (κ3) is 2.88. The summed E-state index contributed by atoms with van der Waals surface area (Å²) in [5, 5.41) is 3.21. The monoisotopic (exact) mass is 465 g/mol. The molecule has 3 aromatic heterocycles. The lowest BCUT2D eigenvalue weighted by Crippen LogP contribution is -2.38. The highest BCUT2D eigenvalue weighted by atomic mass is 32.1. The van der Waals surface area contributed by atoms with Crippen molar-refractivity contribution in [2.45, 2.75) is 18.9 Å². The molecule has 5 aromatic rings. The first-order valence-electron chi connectivity index (χ1n) is 11.0. The second kappa shape index (κ2) is 7.27. The van der Waals surface area contributed by atoms with Crippen molar-refractivity contribution >= 4 is 45.3 Å². The van der Waals surface area contributed by atoms with E-state index in [0.717, 1.165) is 39.8 Å². The van der Waals surface area contributed by atoms with Gasteiger partial charge in [0.05, 0.1) is 16.3 Å². The number of benzene rings is 2. The molecule has 33 heavy (non-hydrogen) atoms. The summed E-state index contributed by atoms with van der Waals surface area (Å²) in [5.41, 5.74) is 6.97. The molecular formula is C27H19N3OS2. The zero-order valence-electron chi connectivity index (χ0n) is 17.6. The molecule has 1 atom stereocenters. The van der Waals surface area contributed by atoms with Crippen LogP contribution < -0.4 is 14.9 Å². The molecule has 1 N–H and O–H groups in total. The van der Waals surface area contributed by atoms with Crippen LogP contribution in [0.1, 0.15) is 34.0 Å². The predicted octanol–water partition coefficient (Wildman–Crippen LogP) is 4.86. The number of nitrogens with zero attached hydrogens (tertiary/aromatic N) is 2. The molecule has 2 aliphatic rings. The lowest BCUT2D eigenvalue weighted by atomic mass is 9.85. The molecular weight excluding hydrogens is 446 g/mol. The number of thiophene rings is 1. The van der Waals surface area contributed by atoms with Crippen molar-refractivity contribution in [3.05, 3.63) is 119 Å². The van der Waals surface area contributed by atoms with E-state index >= 15 is 0 Å². The lowest BCUT2D eigenvalue weighted by molar-refractivity contribution is 0.593. The van der Waals surface area contributed by atoms with Gasteiger partial charge in [0.15, 0.2) is 4.80 Å². The van der Waals surface area contributed by atoms with E-state index in [1.54, 1.807) is 11.3 Å². The summed E-state index contributed by atoms with van der Waals surface area (Å²) in [7, 11) is 0. The zero-order chi connectivity index (χ0) is 21.9. The van der Waals surface area contributed by atoms with Gasteiger partial charge < -0.3 is 4.98 Å². The number of nitrogens with one attached hydrogen (secondary N) is 1. The molecule has 0 unspecified atom stereocenters. The molecule has 0 saturated carbocycles. The van der Waals surface area contributed by atoms with Gasteiger partial charge in [-0.15, -0.1) is 11.3 Å². The van der Waals surface area contributed by atoms with Gasteiger partial charge >= 0.3 is 0 Å². The molecule has 0 saturated heterocycles. The van der Waals surface area contributed by atoms with Crippen LogP contribution in [-0.2, 0) is 6.42 Å². The van der Waals surface area contributed by atoms with E-state index in [1.807, 2.05) is 29.0 Å². The van der Waals surface area contributed by atoms with Gasteiger partial charge in [-0.3, -0.25) is 9.36 Å². The highest BCUT2D eigenvalue weighted by molar-refractivity contribution is 7.10. The molecule has 6 heteroatoms. The summed E-state index contributed by atoms with van der Waals surface area (Å²) in [6.07, 6.45) is 5.88. The van der Waals surface area contributed by atoms with Crippen molar-refractivity contribution in [3.8, 4) is 0 Å². The Morgan fingerprint density at radius 2 is 1.91 bits per heavy atom. The minimum Gasteiger partial charge on any atom is -0.361 e. The topological polar surface area (TPSA) is 50.1 Å². The van der Waals surface area contributed by atoms with Crippen LogP contribution in [0.4, 0.5) is 0 Å². The smallest absolute Gasteiger partial charge is 0.271 e. The first-order chi connectivity index (χ1) is 16.3. The Labute approximate surface area is 197 Å². The standard InChI is InChI=1S/C27H19N3OS2/c31-26-23(14-17-15-28-21-9-4-3-7-18(17)21)33-27-29-24-19-8-2-1-6-16(19)11-12-20(24)25(30(26)27)22-10-5-13-32-22/h1-10,13-15,25,28H,11-12H2/b23-14+/t25-/m1/s1. The van der Waals surface area contributed by atoms with Crippen LogP contribution in [0.2, 0.25) is 0 Å². The average Bonchev–Trinajstić information content (AvgIpc) is 3.59. The molecule has 2 aromatic carbocycles. The normalized spacial score (nSPS) is 17.6. The van der Waals surface area contributed by atoms with Gasteiger partial charge in [0.1, 0.15) is 0 Å². The summed E-state index contributed by atoms with van der Waals surface area (Å²) < 4.78 is 2.64. The minimum atomic E-state index is -0.0882. The van der Waals surface area contributed by atoms with Crippen LogP contribution in [-0.4, -0.2) is 9.55 Å². The third-order valence-electron chi connectivity index (χ3n) is 6.59. The number of aryl methyl sites for hydroxylation is 1. The molecule has 0 spiro atoms. The summed E-state index contributed by atoms with van der Waals surface area (Å²) >= 11 is 3.19. The number of fused-ring (bicyclic) bond motifs is 4. The van der Waals surface area contributed by atoms with E-state index in [0.29, 0.717) is 4.53 Å². The fourth-order valence-electron chi connectivity index (χ4n) is 5.07. The summed E-state index contributed by atoms with van der Waals surface area (Å²) in [5.74, 6) is 0. The van der Waals surface area contributed by atoms with Gasteiger partial charge in [0, 0.05) is 33.1 Å². The lowest BCUT2D eigenvalue weighted by Gasteiger charge is -2.30. The molecule has 0 bridgehead atoms. The van der Waals surface area contributed by atoms with Gasteiger partial charge in [0.25, 0.3) is 5.56 Å². The van der Waals surface area contributed by atoms with Gasteiger partial charge in [-0.05, 0) is 47.6 Å². The highest BCUT2D eigenvalue weighted by Gasteiger charge is 2.32. The average molecular weight is 466 g/mol. The van der Waals surface area contributed by atoms with E-state index in [9.17, 15) is 4.79 Å². The van der Waals surface area contributed by atoms with Crippen LogP contribution in [0.15, 0.2) is 87.6 Å². The zero-order valence-corrected chi connectivity index (χ0v) is 19.2. The van der Waals surface area contributed by atoms with Crippen LogP contribution in [0.5, 0.6) is 0 Å². The molecule has 160 valence electrons. The molecule has 4 nitrogen and oxygen atoms in total. The number of rotatable bonds is 2. The molecule has 4 heterocycles. The molecule has 0 amide bonds. The molecule has 0 fully saturated rings. The molecule has 7 rings (SSSR count). The van der Waals surface area contributed by atoms with Gasteiger partial charge in [-0.25, -0.2) is 4.99 Å².